The van der Waals surface area contributed by atoms with Crippen molar-refractivity contribution in [3.05, 3.63) is 0 Å². The SMILES string of the molecule is O=P([O-])([O-])[O-].O=P([O-])([O-])[O-].[Sr+2]. The van der Waals surface area contributed by atoms with Gasteiger partial charge >= 0.3 is 45.5 Å². The zero-order valence-electron chi connectivity index (χ0n) is 4.87. The fourth-order valence-electron chi connectivity index (χ4n) is 0. The maximum Gasteiger partial charge on any atom is 2.00 e. The zero-order chi connectivity index (χ0) is 9.00. The molecule has 0 aliphatic carbocycles. The molecule has 0 aromatic heterocycles. The minimum absolute atomic E-state index is 0. The molecular weight excluding hydrogens is 278 g/mol. The molecule has 0 saturated heterocycles. The Hall–Kier alpha value is 1.70. The first-order valence-corrected chi connectivity index (χ1v) is 4.38. The van der Waals surface area contributed by atoms with Crippen LogP contribution in [0.3, 0.4) is 0 Å². The molecule has 0 spiro atoms. The molecular formula is O8P2Sr-4. The molecule has 0 aromatic rings. The van der Waals surface area contributed by atoms with Crippen LogP contribution in [0, 0.1) is 0 Å². The van der Waals surface area contributed by atoms with Gasteiger partial charge < -0.3 is 38.5 Å². The number of rotatable bonds is 0. The van der Waals surface area contributed by atoms with Gasteiger partial charge in [0.2, 0.25) is 0 Å². The largest absolute Gasteiger partial charge is 2.00 e. The number of hydrogen-bond acceptors (Lipinski definition) is 8. The summed E-state index contributed by atoms with van der Waals surface area (Å²) in [6, 6.07) is 0. The van der Waals surface area contributed by atoms with E-state index in [0.717, 1.165) is 0 Å². The minimum Gasteiger partial charge on any atom is -0.822 e. The molecule has 0 N–H and O–H groups in total. The minimum atomic E-state index is -5.39. The van der Waals surface area contributed by atoms with Gasteiger partial charge in [-0.05, 0) is 0 Å². The molecule has 0 bridgehead atoms. The second kappa shape index (κ2) is 7.14. The third kappa shape index (κ3) is 381. The summed E-state index contributed by atoms with van der Waals surface area (Å²) in [6.45, 7) is 0. The van der Waals surface area contributed by atoms with Crippen LogP contribution in [0.5, 0.6) is 0 Å². The number of phosphoric acid groups is 2. The molecule has 0 radical (unpaired) electrons. The molecule has 0 aromatic carbocycles. The normalized spacial score (nSPS) is 10.7. The molecule has 8 nitrogen and oxygen atoms in total. The van der Waals surface area contributed by atoms with Crippen molar-refractivity contribution in [3.8, 4) is 0 Å². The van der Waals surface area contributed by atoms with E-state index < -0.39 is 15.6 Å². The summed E-state index contributed by atoms with van der Waals surface area (Å²) in [5.41, 5.74) is 0. The van der Waals surface area contributed by atoms with Crippen molar-refractivity contribution >= 4 is 61.1 Å². The van der Waals surface area contributed by atoms with E-state index in [2.05, 4.69) is 0 Å². The second-order valence-electron chi connectivity index (χ2n) is 0.894. The average Bonchev–Trinajstić information content (AvgIpc) is 1.12. The van der Waals surface area contributed by atoms with Gasteiger partial charge in [0, 0.05) is 0 Å². The van der Waals surface area contributed by atoms with Crippen LogP contribution in [-0.4, -0.2) is 45.5 Å². The van der Waals surface area contributed by atoms with Crippen LogP contribution in [0.4, 0.5) is 0 Å². The van der Waals surface area contributed by atoms with E-state index in [1.54, 1.807) is 0 Å². The van der Waals surface area contributed by atoms with Crippen LogP contribution in [-0.2, 0) is 9.13 Å². The van der Waals surface area contributed by atoms with E-state index in [1.807, 2.05) is 0 Å². The Morgan fingerprint density at radius 2 is 0.636 bits per heavy atom. The van der Waals surface area contributed by atoms with Crippen LogP contribution in [0.25, 0.3) is 0 Å². The standard InChI is InChI=1S/2H3O4P.Sr/c2*1-5(2,3)4;/h2*(H3,1,2,3,4);/q;;+2/p-6. The Morgan fingerprint density at radius 3 is 0.636 bits per heavy atom. The van der Waals surface area contributed by atoms with Crippen LogP contribution < -0.4 is 29.4 Å². The van der Waals surface area contributed by atoms with Gasteiger partial charge in [-0.15, -0.1) is 0 Å². The van der Waals surface area contributed by atoms with Crippen molar-refractivity contribution < 1.29 is 38.5 Å². The van der Waals surface area contributed by atoms with Gasteiger partial charge in [0.25, 0.3) is 0 Å². The Labute approximate surface area is 98.6 Å². The predicted octanol–water partition coefficient (Wildman–Crippen LogP) is -6.03. The first-order valence-electron chi connectivity index (χ1n) is 1.46. The zero-order valence-corrected chi connectivity index (χ0v) is 10.1. The van der Waals surface area contributed by atoms with Crippen LogP contribution >= 0.6 is 15.6 Å². The Balaban J connectivity index is -0.000000107. The third-order valence-corrected chi connectivity index (χ3v) is 0. The topological polar surface area (TPSA) is 172 Å². The molecule has 0 amide bonds. The van der Waals surface area contributed by atoms with Crippen molar-refractivity contribution in [2.75, 3.05) is 0 Å². The summed E-state index contributed by atoms with van der Waals surface area (Å²) in [5, 5.41) is 0. The summed E-state index contributed by atoms with van der Waals surface area (Å²) in [4.78, 5) is 51.3. The molecule has 0 rings (SSSR count). The number of hydrogen-bond donors (Lipinski definition) is 0. The summed E-state index contributed by atoms with van der Waals surface area (Å²) in [7, 11) is -10.8. The second-order valence-corrected chi connectivity index (χ2v) is 2.68. The van der Waals surface area contributed by atoms with E-state index >= 15 is 0 Å². The van der Waals surface area contributed by atoms with Crippen molar-refractivity contribution in [2.45, 2.75) is 0 Å². The van der Waals surface area contributed by atoms with Gasteiger partial charge in [0.05, 0.1) is 0 Å². The molecule has 64 valence electrons. The van der Waals surface area contributed by atoms with E-state index in [0.29, 0.717) is 0 Å². The first-order chi connectivity index (χ1) is 4.00. The van der Waals surface area contributed by atoms with Crippen LogP contribution in [0.2, 0.25) is 0 Å². The van der Waals surface area contributed by atoms with Crippen molar-refractivity contribution in [2.24, 2.45) is 0 Å². The molecule has 0 saturated carbocycles. The van der Waals surface area contributed by atoms with Crippen LogP contribution in [0.15, 0.2) is 0 Å². The molecule has 0 fully saturated rings. The van der Waals surface area contributed by atoms with Gasteiger partial charge in [-0.3, -0.25) is 0 Å². The van der Waals surface area contributed by atoms with Gasteiger partial charge in [0.15, 0.2) is 0 Å². The van der Waals surface area contributed by atoms with Crippen molar-refractivity contribution in [1.29, 1.82) is 0 Å². The Morgan fingerprint density at radius 1 is 0.636 bits per heavy atom. The summed E-state index contributed by atoms with van der Waals surface area (Å²) >= 11 is 0. The molecule has 11 heteroatoms. The van der Waals surface area contributed by atoms with Crippen molar-refractivity contribution in [3.63, 3.8) is 0 Å². The molecule has 0 aliphatic heterocycles. The summed E-state index contributed by atoms with van der Waals surface area (Å²) in [5.74, 6) is 0. The molecule has 0 atom stereocenters. The molecule has 11 heavy (non-hydrogen) atoms. The summed E-state index contributed by atoms with van der Waals surface area (Å²) in [6.07, 6.45) is 0. The van der Waals surface area contributed by atoms with Crippen molar-refractivity contribution in [1.82, 2.24) is 0 Å². The van der Waals surface area contributed by atoms with E-state index in [4.69, 9.17) is 38.5 Å². The molecule has 0 unspecified atom stereocenters. The van der Waals surface area contributed by atoms with Gasteiger partial charge in [-0.2, -0.15) is 15.6 Å². The fourth-order valence-corrected chi connectivity index (χ4v) is 0. The summed E-state index contributed by atoms with van der Waals surface area (Å²) < 4.78 is 17.1. The first kappa shape index (κ1) is 18.5. The molecule has 0 aliphatic rings. The third-order valence-electron chi connectivity index (χ3n) is 0. The fraction of sp³-hybridized carbons (Fsp3) is 0. The smallest absolute Gasteiger partial charge is 0.822 e. The molecule has 0 heterocycles. The van der Waals surface area contributed by atoms with Gasteiger partial charge in [-0.1, -0.05) is 0 Å². The van der Waals surface area contributed by atoms with Gasteiger partial charge in [0.1, 0.15) is 0 Å². The Bertz CT molecular complexity index is 124. The maximum atomic E-state index is 8.55. The van der Waals surface area contributed by atoms with E-state index in [-0.39, 0.29) is 45.5 Å². The Kier molecular flexibility index (Phi) is 12.0. The monoisotopic (exact) mass is 278 g/mol. The van der Waals surface area contributed by atoms with E-state index in [9.17, 15) is 0 Å². The quantitative estimate of drug-likeness (QED) is 0.310. The maximum absolute atomic E-state index is 8.55. The average molecular weight is 278 g/mol. The van der Waals surface area contributed by atoms with Gasteiger partial charge in [-0.25, -0.2) is 0 Å². The predicted molar refractivity (Wildman–Crippen MR) is 21.0 cm³/mol. The van der Waals surface area contributed by atoms with E-state index in [1.165, 1.54) is 0 Å². The van der Waals surface area contributed by atoms with Crippen LogP contribution in [0.1, 0.15) is 0 Å².